The quantitative estimate of drug-likeness (QED) is 0.806. The van der Waals surface area contributed by atoms with Crippen molar-refractivity contribution in [3.63, 3.8) is 0 Å². The molecule has 0 saturated carbocycles. The largest absolute Gasteiger partial charge is 0.379 e. The molecule has 1 rings (SSSR count). The third-order valence-corrected chi connectivity index (χ3v) is 5.43. The predicted molar refractivity (Wildman–Crippen MR) is 83.3 cm³/mol. The number of nitrogens with one attached hydrogen (secondary N) is 1. The van der Waals surface area contributed by atoms with Crippen LogP contribution in [0.2, 0.25) is 0 Å². The smallest absolute Gasteiger partial charge is 0.244 e. The van der Waals surface area contributed by atoms with Crippen molar-refractivity contribution in [3.05, 3.63) is 24.3 Å². The number of anilines is 1. The number of nitrogens with two attached hydrogens (primary N) is 1. The third kappa shape index (κ3) is 3.71. The van der Waals surface area contributed by atoms with Crippen molar-refractivity contribution in [2.75, 3.05) is 26.0 Å². The molecule has 1 unspecified atom stereocenters. The van der Waals surface area contributed by atoms with Crippen molar-refractivity contribution in [3.8, 4) is 0 Å². The first-order valence-electron chi connectivity index (χ1n) is 6.76. The van der Waals surface area contributed by atoms with Crippen LogP contribution in [0.4, 0.5) is 5.69 Å². The Bertz CT molecular complexity index is 543. The van der Waals surface area contributed by atoms with Crippen molar-refractivity contribution in [2.24, 2.45) is 5.73 Å². The number of rotatable bonds is 7. The predicted octanol–water partition coefficient (Wildman–Crippen LogP) is 1.87. The summed E-state index contributed by atoms with van der Waals surface area (Å²) in [5.74, 6) is 0. The van der Waals surface area contributed by atoms with E-state index in [0.29, 0.717) is 17.1 Å². The minimum atomic E-state index is -3.46. The Balaban J connectivity index is 3.21. The van der Waals surface area contributed by atoms with Gasteiger partial charge in [-0.3, -0.25) is 0 Å². The lowest BCUT2D eigenvalue weighted by molar-refractivity contribution is 0.462. The standard InChI is InChI=1S/C14H25N3O2S/c1-5-14(2,10-11-15)16-12-8-6-7-9-13(12)20(18,19)17(3)4/h6-9,16H,5,10-11,15H2,1-4H3. The minimum Gasteiger partial charge on any atom is -0.379 e. The van der Waals surface area contributed by atoms with E-state index in [2.05, 4.69) is 19.2 Å². The summed E-state index contributed by atoms with van der Waals surface area (Å²) < 4.78 is 25.9. The summed E-state index contributed by atoms with van der Waals surface area (Å²) in [4.78, 5) is 0.293. The zero-order chi connectivity index (χ0) is 15.4. The SMILES string of the molecule is CCC(C)(CCN)Nc1ccccc1S(=O)(=O)N(C)C. The second-order valence-corrected chi connectivity index (χ2v) is 7.48. The molecule has 0 aliphatic rings. The summed E-state index contributed by atoms with van der Waals surface area (Å²) in [6, 6.07) is 6.97. The van der Waals surface area contributed by atoms with Crippen LogP contribution in [0.15, 0.2) is 29.2 Å². The van der Waals surface area contributed by atoms with E-state index in [1.54, 1.807) is 18.2 Å². The van der Waals surface area contributed by atoms with Crippen LogP contribution in [-0.2, 0) is 10.0 Å². The monoisotopic (exact) mass is 299 g/mol. The van der Waals surface area contributed by atoms with Gasteiger partial charge in [0.2, 0.25) is 10.0 Å². The molecule has 0 amide bonds. The van der Waals surface area contributed by atoms with Crippen LogP contribution in [0.1, 0.15) is 26.7 Å². The Labute approximate surface area is 122 Å². The van der Waals surface area contributed by atoms with Gasteiger partial charge in [-0.05, 0) is 38.4 Å². The zero-order valence-electron chi connectivity index (χ0n) is 12.7. The lowest BCUT2D eigenvalue weighted by Gasteiger charge is -2.31. The van der Waals surface area contributed by atoms with Gasteiger partial charge in [0.15, 0.2) is 0 Å². The van der Waals surface area contributed by atoms with E-state index in [1.165, 1.54) is 18.4 Å². The van der Waals surface area contributed by atoms with Gasteiger partial charge in [0.1, 0.15) is 4.90 Å². The Morgan fingerprint density at radius 3 is 2.40 bits per heavy atom. The molecule has 0 aliphatic carbocycles. The molecule has 0 spiro atoms. The van der Waals surface area contributed by atoms with Gasteiger partial charge in [0.05, 0.1) is 5.69 Å². The summed E-state index contributed by atoms with van der Waals surface area (Å²) in [6.45, 7) is 4.67. The molecule has 6 heteroatoms. The first-order chi connectivity index (χ1) is 9.27. The topological polar surface area (TPSA) is 75.4 Å². The van der Waals surface area contributed by atoms with Gasteiger partial charge in [-0.2, -0.15) is 0 Å². The lowest BCUT2D eigenvalue weighted by Crippen LogP contribution is -2.37. The average molecular weight is 299 g/mol. The van der Waals surface area contributed by atoms with Gasteiger partial charge in [-0.15, -0.1) is 0 Å². The average Bonchev–Trinajstić information content (AvgIpc) is 2.39. The highest BCUT2D eigenvalue weighted by atomic mass is 32.2. The first kappa shape index (κ1) is 16.9. The molecule has 5 nitrogen and oxygen atoms in total. The molecule has 0 radical (unpaired) electrons. The number of sulfonamides is 1. The summed E-state index contributed by atoms with van der Waals surface area (Å²) in [7, 11) is -0.398. The molecule has 114 valence electrons. The Kier molecular flexibility index (Phi) is 5.56. The molecule has 1 aromatic carbocycles. The Hall–Kier alpha value is -1.11. The minimum absolute atomic E-state index is 0.216. The van der Waals surface area contributed by atoms with Crippen LogP contribution in [-0.4, -0.2) is 38.9 Å². The summed E-state index contributed by atoms with van der Waals surface area (Å²) in [5, 5.41) is 3.35. The highest BCUT2D eigenvalue weighted by Gasteiger charge is 2.26. The maximum atomic E-state index is 12.3. The molecule has 1 aromatic rings. The van der Waals surface area contributed by atoms with Crippen molar-refractivity contribution in [1.29, 1.82) is 0 Å². The number of benzene rings is 1. The van der Waals surface area contributed by atoms with E-state index in [-0.39, 0.29) is 5.54 Å². The molecule has 0 fully saturated rings. The van der Waals surface area contributed by atoms with Crippen LogP contribution in [0.3, 0.4) is 0 Å². The molecular weight excluding hydrogens is 274 g/mol. The van der Waals surface area contributed by atoms with Gasteiger partial charge < -0.3 is 11.1 Å². The highest BCUT2D eigenvalue weighted by Crippen LogP contribution is 2.28. The second kappa shape index (κ2) is 6.56. The number of para-hydroxylation sites is 1. The molecule has 0 saturated heterocycles. The molecule has 0 aromatic heterocycles. The molecular formula is C14H25N3O2S. The third-order valence-electron chi connectivity index (χ3n) is 3.56. The van der Waals surface area contributed by atoms with Gasteiger partial charge in [0, 0.05) is 19.6 Å². The normalized spacial score (nSPS) is 15.1. The van der Waals surface area contributed by atoms with E-state index in [4.69, 9.17) is 5.73 Å². The van der Waals surface area contributed by atoms with Gasteiger partial charge in [-0.1, -0.05) is 19.1 Å². The summed E-state index contributed by atoms with van der Waals surface area (Å²) in [6.07, 6.45) is 1.64. The van der Waals surface area contributed by atoms with E-state index >= 15 is 0 Å². The van der Waals surface area contributed by atoms with Gasteiger partial charge in [0.25, 0.3) is 0 Å². The fourth-order valence-corrected chi connectivity index (χ4v) is 3.00. The molecule has 0 bridgehead atoms. The van der Waals surface area contributed by atoms with Crippen molar-refractivity contribution < 1.29 is 8.42 Å². The van der Waals surface area contributed by atoms with E-state index in [0.717, 1.165) is 12.8 Å². The van der Waals surface area contributed by atoms with Crippen LogP contribution in [0, 0.1) is 0 Å². The van der Waals surface area contributed by atoms with Crippen LogP contribution >= 0.6 is 0 Å². The second-order valence-electron chi connectivity index (χ2n) is 5.36. The van der Waals surface area contributed by atoms with E-state index in [1.807, 2.05) is 6.07 Å². The highest BCUT2D eigenvalue weighted by molar-refractivity contribution is 7.89. The molecule has 0 aliphatic heterocycles. The number of hydrogen-bond acceptors (Lipinski definition) is 4. The fraction of sp³-hybridized carbons (Fsp3) is 0.571. The van der Waals surface area contributed by atoms with Crippen LogP contribution in [0.5, 0.6) is 0 Å². The summed E-state index contributed by atoms with van der Waals surface area (Å²) in [5.41, 5.74) is 6.06. The first-order valence-corrected chi connectivity index (χ1v) is 8.20. The molecule has 3 N–H and O–H groups in total. The van der Waals surface area contributed by atoms with E-state index in [9.17, 15) is 8.42 Å². The number of hydrogen-bond donors (Lipinski definition) is 2. The van der Waals surface area contributed by atoms with Gasteiger partial charge >= 0.3 is 0 Å². The Morgan fingerprint density at radius 1 is 1.30 bits per heavy atom. The molecule has 20 heavy (non-hydrogen) atoms. The van der Waals surface area contributed by atoms with Gasteiger partial charge in [-0.25, -0.2) is 12.7 Å². The van der Waals surface area contributed by atoms with Crippen molar-refractivity contribution >= 4 is 15.7 Å². The Morgan fingerprint density at radius 2 is 1.90 bits per heavy atom. The molecule has 0 heterocycles. The molecule has 1 atom stereocenters. The lowest BCUT2D eigenvalue weighted by atomic mass is 9.94. The number of nitrogens with zero attached hydrogens (tertiary/aromatic N) is 1. The van der Waals surface area contributed by atoms with Crippen LogP contribution in [0.25, 0.3) is 0 Å². The summed E-state index contributed by atoms with van der Waals surface area (Å²) >= 11 is 0. The van der Waals surface area contributed by atoms with Crippen molar-refractivity contribution in [2.45, 2.75) is 37.1 Å². The maximum absolute atomic E-state index is 12.3. The van der Waals surface area contributed by atoms with E-state index < -0.39 is 10.0 Å². The zero-order valence-corrected chi connectivity index (χ0v) is 13.5. The fourth-order valence-electron chi connectivity index (χ4n) is 1.96. The van der Waals surface area contributed by atoms with Crippen molar-refractivity contribution in [1.82, 2.24) is 4.31 Å². The maximum Gasteiger partial charge on any atom is 0.244 e. The van der Waals surface area contributed by atoms with Crippen LogP contribution < -0.4 is 11.1 Å².